The lowest BCUT2D eigenvalue weighted by Crippen LogP contribution is -1.94. The molecule has 2 N–H and O–H groups in total. The molecule has 0 bridgehead atoms. The van der Waals surface area contributed by atoms with Gasteiger partial charge in [0.25, 0.3) is 0 Å². The molecule has 0 aliphatic heterocycles. The zero-order valence-corrected chi connectivity index (χ0v) is 10.5. The van der Waals surface area contributed by atoms with Crippen LogP contribution in [0.5, 0.6) is 5.75 Å². The molecule has 0 spiro atoms. The van der Waals surface area contributed by atoms with Gasteiger partial charge in [0.1, 0.15) is 11.7 Å². The summed E-state index contributed by atoms with van der Waals surface area (Å²) in [5.74, 6) is 1.46. The number of hydrogen-bond donors (Lipinski definition) is 1. The lowest BCUT2D eigenvalue weighted by atomic mass is 10.2. The van der Waals surface area contributed by atoms with Gasteiger partial charge in [-0.2, -0.15) is 0 Å². The molecule has 2 aromatic carbocycles. The standard InChI is InChI=1S/C14H15NOS/c1-11-5-4-6-12(9-11)16-10-17-14-8-3-2-7-13(14)15/h2-9H,10,15H2,1H3. The Labute approximate surface area is 106 Å². The van der Waals surface area contributed by atoms with Crippen molar-refractivity contribution in [1.82, 2.24) is 0 Å². The van der Waals surface area contributed by atoms with E-state index in [-0.39, 0.29) is 0 Å². The molecule has 0 fully saturated rings. The van der Waals surface area contributed by atoms with Gasteiger partial charge in [-0.05, 0) is 36.8 Å². The average Bonchev–Trinajstić information content (AvgIpc) is 2.32. The van der Waals surface area contributed by atoms with Crippen LogP contribution in [0.4, 0.5) is 5.69 Å². The number of rotatable bonds is 4. The molecule has 3 heteroatoms. The molecule has 0 unspecified atom stereocenters. The third-order valence-corrected chi connectivity index (χ3v) is 3.27. The van der Waals surface area contributed by atoms with Crippen LogP contribution in [-0.2, 0) is 0 Å². The number of nitrogen functional groups attached to an aromatic ring is 1. The molecule has 0 heterocycles. The number of anilines is 1. The molecule has 88 valence electrons. The molecule has 0 aliphatic rings. The Bertz CT molecular complexity index is 499. The molecule has 0 aliphatic carbocycles. The fourth-order valence-electron chi connectivity index (χ4n) is 1.48. The molecule has 17 heavy (non-hydrogen) atoms. The Hall–Kier alpha value is -1.61. The van der Waals surface area contributed by atoms with Crippen molar-refractivity contribution in [2.75, 3.05) is 11.7 Å². The summed E-state index contributed by atoms with van der Waals surface area (Å²) in [6.45, 7) is 2.05. The van der Waals surface area contributed by atoms with Crippen LogP contribution < -0.4 is 10.5 Å². The highest BCUT2D eigenvalue weighted by Crippen LogP contribution is 2.25. The Morgan fingerprint density at radius 3 is 2.71 bits per heavy atom. The molecule has 0 saturated heterocycles. The molecule has 0 amide bonds. The molecule has 2 rings (SSSR count). The first-order valence-electron chi connectivity index (χ1n) is 5.42. The van der Waals surface area contributed by atoms with Crippen molar-refractivity contribution in [3.8, 4) is 5.75 Å². The van der Waals surface area contributed by atoms with Crippen molar-refractivity contribution in [2.45, 2.75) is 11.8 Å². The zero-order chi connectivity index (χ0) is 12.1. The number of aryl methyl sites for hydroxylation is 1. The van der Waals surface area contributed by atoms with E-state index < -0.39 is 0 Å². The van der Waals surface area contributed by atoms with Crippen LogP contribution in [0.1, 0.15) is 5.56 Å². The molecule has 0 saturated carbocycles. The minimum Gasteiger partial charge on any atom is -0.483 e. The topological polar surface area (TPSA) is 35.2 Å². The maximum Gasteiger partial charge on any atom is 0.138 e. The van der Waals surface area contributed by atoms with Gasteiger partial charge >= 0.3 is 0 Å². The van der Waals surface area contributed by atoms with Crippen molar-refractivity contribution in [2.24, 2.45) is 0 Å². The van der Waals surface area contributed by atoms with Crippen molar-refractivity contribution in [1.29, 1.82) is 0 Å². The summed E-state index contributed by atoms with van der Waals surface area (Å²) in [5, 5.41) is 0. The molecule has 0 atom stereocenters. The van der Waals surface area contributed by atoms with Crippen molar-refractivity contribution in [3.05, 3.63) is 54.1 Å². The van der Waals surface area contributed by atoms with Gasteiger partial charge in [0.05, 0.1) is 0 Å². The quantitative estimate of drug-likeness (QED) is 0.506. The van der Waals surface area contributed by atoms with Gasteiger partial charge in [-0.3, -0.25) is 0 Å². The first-order chi connectivity index (χ1) is 8.25. The lowest BCUT2D eigenvalue weighted by Gasteiger charge is -2.07. The maximum absolute atomic E-state index is 5.85. The van der Waals surface area contributed by atoms with Gasteiger partial charge in [0, 0.05) is 10.6 Å². The van der Waals surface area contributed by atoms with Crippen LogP contribution in [0.3, 0.4) is 0 Å². The Balaban J connectivity index is 1.90. The van der Waals surface area contributed by atoms with E-state index in [0.717, 1.165) is 16.3 Å². The van der Waals surface area contributed by atoms with Gasteiger partial charge in [-0.1, -0.05) is 36.0 Å². The fourth-order valence-corrected chi connectivity index (χ4v) is 2.21. The van der Waals surface area contributed by atoms with E-state index in [1.165, 1.54) is 5.56 Å². The van der Waals surface area contributed by atoms with Crippen LogP contribution >= 0.6 is 11.8 Å². The highest BCUT2D eigenvalue weighted by molar-refractivity contribution is 7.99. The summed E-state index contributed by atoms with van der Waals surface area (Å²) >= 11 is 1.60. The summed E-state index contributed by atoms with van der Waals surface area (Å²) in [6.07, 6.45) is 0. The van der Waals surface area contributed by atoms with Crippen LogP contribution in [0.2, 0.25) is 0 Å². The molecule has 2 nitrogen and oxygen atoms in total. The first-order valence-corrected chi connectivity index (χ1v) is 6.41. The second-order valence-corrected chi connectivity index (χ2v) is 4.73. The van der Waals surface area contributed by atoms with Gasteiger partial charge < -0.3 is 10.5 Å². The molecular weight excluding hydrogens is 230 g/mol. The maximum atomic E-state index is 5.85. The molecule has 0 aromatic heterocycles. The third kappa shape index (κ3) is 3.43. The van der Waals surface area contributed by atoms with Crippen LogP contribution in [0, 0.1) is 6.92 Å². The number of hydrogen-bond acceptors (Lipinski definition) is 3. The SMILES string of the molecule is Cc1cccc(OCSc2ccccc2N)c1. The fraction of sp³-hybridized carbons (Fsp3) is 0.143. The van der Waals surface area contributed by atoms with Crippen LogP contribution in [-0.4, -0.2) is 5.94 Å². The average molecular weight is 245 g/mol. The van der Waals surface area contributed by atoms with E-state index >= 15 is 0 Å². The summed E-state index contributed by atoms with van der Waals surface area (Å²) in [4.78, 5) is 1.06. The molecule has 2 aromatic rings. The Morgan fingerprint density at radius 1 is 1.12 bits per heavy atom. The van der Waals surface area contributed by atoms with E-state index in [0.29, 0.717) is 5.94 Å². The number of nitrogens with two attached hydrogens (primary N) is 1. The zero-order valence-electron chi connectivity index (χ0n) is 9.72. The van der Waals surface area contributed by atoms with Gasteiger partial charge in [0.15, 0.2) is 0 Å². The monoisotopic (exact) mass is 245 g/mol. The third-order valence-electron chi connectivity index (χ3n) is 2.35. The summed E-state index contributed by atoms with van der Waals surface area (Å²) in [6, 6.07) is 15.8. The second kappa shape index (κ2) is 5.64. The van der Waals surface area contributed by atoms with Crippen molar-refractivity contribution >= 4 is 17.4 Å². The van der Waals surface area contributed by atoms with E-state index in [1.807, 2.05) is 42.5 Å². The Kier molecular flexibility index (Phi) is 3.94. The normalized spacial score (nSPS) is 10.2. The number of ether oxygens (including phenoxy) is 1. The predicted molar refractivity (Wildman–Crippen MR) is 73.4 cm³/mol. The van der Waals surface area contributed by atoms with Gasteiger partial charge in [-0.15, -0.1) is 0 Å². The Morgan fingerprint density at radius 2 is 1.94 bits per heavy atom. The minimum atomic E-state index is 0.567. The number of para-hydroxylation sites is 1. The van der Waals surface area contributed by atoms with Gasteiger partial charge in [0.2, 0.25) is 0 Å². The van der Waals surface area contributed by atoms with Crippen molar-refractivity contribution in [3.63, 3.8) is 0 Å². The van der Waals surface area contributed by atoms with E-state index in [2.05, 4.69) is 13.0 Å². The first kappa shape index (κ1) is 11.9. The summed E-state index contributed by atoms with van der Waals surface area (Å²) < 4.78 is 5.65. The molecular formula is C14H15NOS. The predicted octanol–water partition coefficient (Wildman–Crippen LogP) is 3.71. The van der Waals surface area contributed by atoms with Crippen molar-refractivity contribution < 1.29 is 4.74 Å². The smallest absolute Gasteiger partial charge is 0.138 e. The second-order valence-electron chi connectivity index (χ2n) is 3.76. The minimum absolute atomic E-state index is 0.567. The van der Waals surface area contributed by atoms with Crippen LogP contribution in [0.25, 0.3) is 0 Å². The highest BCUT2D eigenvalue weighted by atomic mass is 32.2. The summed E-state index contributed by atoms with van der Waals surface area (Å²) in [7, 11) is 0. The lowest BCUT2D eigenvalue weighted by molar-refractivity contribution is 0.392. The highest BCUT2D eigenvalue weighted by Gasteiger charge is 1.99. The number of benzene rings is 2. The van der Waals surface area contributed by atoms with E-state index in [9.17, 15) is 0 Å². The van der Waals surface area contributed by atoms with E-state index in [4.69, 9.17) is 10.5 Å². The van der Waals surface area contributed by atoms with Gasteiger partial charge in [-0.25, -0.2) is 0 Å². The van der Waals surface area contributed by atoms with Crippen LogP contribution in [0.15, 0.2) is 53.4 Å². The van der Waals surface area contributed by atoms with E-state index in [1.54, 1.807) is 11.8 Å². The largest absolute Gasteiger partial charge is 0.483 e. The number of thioether (sulfide) groups is 1. The summed E-state index contributed by atoms with van der Waals surface area (Å²) in [5.41, 5.74) is 7.85. The molecule has 0 radical (unpaired) electrons.